The number of rotatable bonds is 2. The first-order chi connectivity index (χ1) is 5.70. The summed E-state index contributed by atoms with van der Waals surface area (Å²) in [6.07, 6.45) is 0. The minimum atomic E-state index is 0.185. The maximum absolute atomic E-state index is 9.35. The maximum Gasteiger partial charge on any atom is 0.133 e. The Morgan fingerprint density at radius 2 is 2.25 bits per heavy atom. The average molecular weight is 232 g/mol. The van der Waals surface area contributed by atoms with Crippen molar-refractivity contribution in [1.29, 1.82) is 0 Å². The zero-order valence-corrected chi connectivity index (χ0v) is 8.26. The fraction of sp³-hybridized carbons (Fsp3) is 0.250. The zero-order chi connectivity index (χ0) is 9.14. The molecule has 1 aromatic carbocycles. The van der Waals surface area contributed by atoms with E-state index in [-0.39, 0.29) is 12.3 Å². The summed E-state index contributed by atoms with van der Waals surface area (Å²) in [7, 11) is 1.57. The first-order valence-corrected chi connectivity index (χ1v) is 4.24. The van der Waals surface area contributed by atoms with Crippen LogP contribution in [0, 0.1) is 0 Å². The van der Waals surface area contributed by atoms with Gasteiger partial charge in [-0.2, -0.15) is 0 Å². The third-order valence-electron chi connectivity index (χ3n) is 1.61. The zero-order valence-electron chi connectivity index (χ0n) is 6.67. The SMILES string of the molecule is COc1ccc(O)c(CN)c1Br. The van der Waals surface area contributed by atoms with Crippen LogP contribution in [0.3, 0.4) is 0 Å². The Labute approximate surface area is 79.3 Å². The van der Waals surface area contributed by atoms with Crippen LogP contribution in [-0.4, -0.2) is 12.2 Å². The number of halogens is 1. The van der Waals surface area contributed by atoms with Gasteiger partial charge in [0.25, 0.3) is 0 Å². The first kappa shape index (κ1) is 9.35. The Kier molecular flexibility index (Phi) is 2.94. The number of aromatic hydroxyl groups is 1. The molecule has 3 nitrogen and oxygen atoms in total. The molecule has 0 heterocycles. The molecule has 0 unspecified atom stereocenters. The molecule has 3 N–H and O–H groups in total. The van der Waals surface area contributed by atoms with E-state index in [1.165, 1.54) is 0 Å². The second kappa shape index (κ2) is 3.78. The Balaban J connectivity index is 3.24. The van der Waals surface area contributed by atoms with E-state index < -0.39 is 0 Å². The molecule has 0 aromatic heterocycles. The highest BCUT2D eigenvalue weighted by Crippen LogP contribution is 2.33. The van der Waals surface area contributed by atoms with Crippen LogP contribution in [0.5, 0.6) is 11.5 Å². The number of benzene rings is 1. The van der Waals surface area contributed by atoms with E-state index in [0.29, 0.717) is 15.8 Å². The van der Waals surface area contributed by atoms with Gasteiger partial charge >= 0.3 is 0 Å². The number of phenolic OH excluding ortho intramolecular Hbond substituents is 1. The summed E-state index contributed by atoms with van der Waals surface area (Å²) in [5.41, 5.74) is 6.09. The van der Waals surface area contributed by atoms with Crippen molar-refractivity contribution in [3.05, 3.63) is 22.2 Å². The lowest BCUT2D eigenvalue weighted by molar-refractivity contribution is 0.407. The molecule has 1 aromatic rings. The molecule has 12 heavy (non-hydrogen) atoms. The first-order valence-electron chi connectivity index (χ1n) is 3.45. The van der Waals surface area contributed by atoms with Gasteiger partial charge < -0.3 is 15.6 Å². The van der Waals surface area contributed by atoms with Gasteiger partial charge in [0.05, 0.1) is 11.6 Å². The van der Waals surface area contributed by atoms with Gasteiger partial charge in [-0.05, 0) is 28.1 Å². The molecule has 1 rings (SSSR count). The minimum absolute atomic E-state index is 0.185. The largest absolute Gasteiger partial charge is 0.508 e. The molecule has 0 saturated heterocycles. The van der Waals surface area contributed by atoms with Gasteiger partial charge in [-0.15, -0.1) is 0 Å². The van der Waals surface area contributed by atoms with Crippen molar-refractivity contribution in [2.75, 3.05) is 7.11 Å². The highest BCUT2D eigenvalue weighted by atomic mass is 79.9. The summed E-state index contributed by atoms with van der Waals surface area (Å²) >= 11 is 3.29. The molecule has 0 aliphatic rings. The van der Waals surface area contributed by atoms with Crippen LogP contribution in [0.2, 0.25) is 0 Å². The molecule has 0 saturated carbocycles. The van der Waals surface area contributed by atoms with Crippen molar-refractivity contribution in [2.45, 2.75) is 6.54 Å². The molecule has 0 amide bonds. The molecule has 4 heteroatoms. The summed E-state index contributed by atoms with van der Waals surface area (Å²) in [5.74, 6) is 0.860. The Hall–Kier alpha value is -0.740. The van der Waals surface area contributed by atoms with Gasteiger partial charge in [-0.3, -0.25) is 0 Å². The molecule has 66 valence electrons. The number of hydrogen-bond donors (Lipinski definition) is 2. The van der Waals surface area contributed by atoms with Crippen molar-refractivity contribution in [2.24, 2.45) is 5.73 Å². The topological polar surface area (TPSA) is 55.5 Å². The molecule has 0 atom stereocenters. The third kappa shape index (κ3) is 1.54. The molecular formula is C8H10BrNO2. The normalized spacial score (nSPS) is 9.92. The van der Waals surface area contributed by atoms with Gasteiger partial charge in [0, 0.05) is 12.1 Å². The van der Waals surface area contributed by atoms with Crippen LogP contribution in [0.4, 0.5) is 0 Å². The highest BCUT2D eigenvalue weighted by molar-refractivity contribution is 9.10. The molecule has 0 aliphatic carbocycles. The van der Waals surface area contributed by atoms with Gasteiger partial charge in [-0.1, -0.05) is 0 Å². The van der Waals surface area contributed by atoms with Gasteiger partial charge in [-0.25, -0.2) is 0 Å². The van der Waals surface area contributed by atoms with Crippen molar-refractivity contribution in [3.63, 3.8) is 0 Å². The van der Waals surface area contributed by atoms with Crippen LogP contribution in [-0.2, 0) is 6.54 Å². The van der Waals surface area contributed by atoms with E-state index in [9.17, 15) is 5.11 Å². The van der Waals surface area contributed by atoms with Gasteiger partial charge in [0.2, 0.25) is 0 Å². The lowest BCUT2D eigenvalue weighted by Crippen LogP contribution is -1.99. The number of ether oxygens (including phenoxy) is 1. The summed E-state index contributed by atoms with van der Waals surface area (Å²) in [6, 6.07) is 3.24. The standard InChI is InChI=1S/C8H10BrNO2/c1-12-7-3-2-6(11)5(4-10)8(7)9/h2-3,11H,4,10H2,1H3. The predicted octanol–water partition coefficient (Wildman–Crippen LogP) is 1.62. The fourth-order valence-electron chi connectivity index (χ4n) is 0.941. The van der Waals surface area contributed by atoms with Crippen molar-refractivity contribution in [3.8, 4) is 11.5 Å². The smallest absolute Gasteiger partial charge is 0.133 e. The summed E-state index contributed by atoms with van der Waals surface area (Å²) in [6.45, 7) is 0.281. The molecule has 0 bridgehead atoms. The van der Waals surface area contributed by atoms with E-state index >= 15 is 0 Å². The molecule has 0 radical (unpaired) electrons. The molecule has 0 aliphatic heterocycles. The number of methoxy groups -OCH3 is 1. The monoisotopic (exact) mass is 231 g/mol. The second-order valence-corrected chi connectivity index (χ2v) is 3.08. The maximum atomic E-state index is 9.35. The van der Waals surface area contributed by atoms with E-state index in [1.807, 2.05) is 0 Å². The Morgan fingerprint density at radius 1 is 1.58 bits per heavy atom. The molecular weight excluding hydrogens is 222 g/mol. The number of nitrogens with two attached hydrogens (primary N) is 1. The van der Waals surface area contributed by atoms with Crippen molar-refractivity contribution in [1.82, 2.24) is 0 Å². The van der Waals surface area contributed by atoms with Crippen LogP contribution in [0.25, 0.3) is 0 Å². The lowest BCUT2D eigenvalue weighted by Gasteiger charge is -2.08. The van der Waals surface area contributed by atoms with Gasteiger partial charge in [0.15, 0.2) is 0 Å². The predicted molar refractivity (Wildman–Crippen MR) is 50.3 cm³/mol. The molecule has 0 fully saturated rings. The highest BCUT2D eigenvalue weighted by Gasteiger charge is 2.08. The van der Waals surface area contributed by atoms with E-state index in [4.69, 9.17) is 10.5 Å². The summed E-state index contributed by atoms with van der Waals surface area (Å²) in [4.78, 5) is 0. The van der Waals surface area contributed by atoms with Crippen LogP contribution >= 0.6 is 15.9 Å². The lowest BCUT2D eigenvalue weighted by atomic mass is 10.2. The molecule has 0 spiro atoms. The van der Waals surface area contributed by atoms with Crippen molar-refractivity contribution < 1.29 is 9.84 Å². The van der Waals surface area contributed by atoms with E-state index in [1.54, 1.807) is 19.2 Å². The average Bonchev–Trinajstić information content (AvgIpc) is 2.06. The Morgan fingerprint density at radius 3 is 2.75 bits per heavy atom. The Bertz CT molecular complexity index is 289. The minimum Gasteiger partial charge on any atom is -0.508 e. The van der Waals surface area contributed by atoms with Crippen LogP contribution in [0.1, 0.15) is 5.56 Å². The van der Waals surface area contributed by atoms with Crippen LogP contribution in [0.15, 0.2) is 16.6 Å². The fourth-order valence-corrected chi connectivity index (χ4v) is 1.60. The number of hydrogen-bond acceptors (Lipinski definition) is 3. The summed E-state index contributed by atoms with van der Waals surface area (Å²) < 4.78 is 5.74. The van der Waals surface area contributed by atoms with E-state index in [2.05, 4.69) is 15.9 Å². The van der Waals surface area contributed by atoms with Crippen LogP contribution < -0.4 is 10.5 Å². The summed E-state index contributed by atoms with van der Waals surface area (Å²) in [5, 5.41) is 9.35. The quantitative estimate of drug-likeness (QED) is 0.814. The van der Waals surface area contributed by atoms with Crippen molar-refractivity contribution >= 4 is 15.9 Å². The third-order valence-corrected chi connectivity index (χ3v) is 2.48. The van der Waals surface area contributed by atoms with Gasteiger partial charge in [0.1, 0.15) is 11.5 Å². The van der Waals surface area contributed by atoms with E-state index in [0.717, 1.165) is 0 Å². The number of phenols is 1. The second-order valence-electron chi connectivity index (χ2n) is 2.28.